The predicted molar refractivity (Wildman–Crippen MR) is 93.1 cm³/mol. The fourth-order valence-corrected chi connectivity index (χ4v) is 3.68. The van der Waals surface area contributed by atoms with Gasteiger partial charge in [-0.2, -0.15) is 0 Å². The van der Waals surface area contributed by atoms with Crippen LogP contribution in [0.5, 0.6) is 5.75 Å². The lowest BCUT2D eigenvalue weighted by Crippen LogP contribution is -2.27. The Bertz CT molecular complexity index is 798. The molecule has 1 amide bonds. The Labute approximate surface area is 145 Å². The third-order valence-electron chi connectivity index (χ3n) is 3.00. The standard InChI is InChI=1S/C15H19N3O4S2/c1-10(2)8-16-14(19)13-9-23-15(17-13)18-24(20,21)12-6-4-11(22-3)5-7-12/h4-7,9-10H,8H2,1-3H3,(H,16,19)(H,17,18). The Morgan fingerprint density at radius 1 is 1.29 bits per heavy atom. The normalized spacial score (nSPS) is 11.3. The van der Waals surface area contributed by atoms with E-state index in [2.05, 4.69) is 15.0 Å². The lowest BCUT2D eigenvalue weighted by atomic mass is 10.2. The minimum Gasteiger partial charge on any atom is -0.497 e. The highest BCUT2D eigenvalue weighted by Gasteiger charge is 2.18. The molecule has 7 nitrogen and oxygen atoms in total. The van der Waals surface area contributed by atoms with Crippen LogP contribution >= 0.6 is 11.3 Å². The van der Waals surface area contributed by atoms with Crippen LogP contribution in [0.3, 0.4) is 0 Å². The minimum atomic E-state index is -3.77. The maximum absolute atomic E-state index is 12.3. The molecule has 9 heteroatoms. The molecule has 0 unspecified atom stereocenters. The van der Waals surface area contributed by atoms with E-state index in [0.717, 1.165) is 11.3 Å². The molecule has 0 fully saturated rings. The van der Waals surface area contributed by atoms with E-state index in [9.17, 15) is 13.2 Å². The summed E-state index contributed by atoms with van der Waals surface area (Å²) in [6, 6.07) is 5.98. The van der Waals surface area contributed by atoms with Crippen LogP contribution in [0.2, 0.25) is 0 Å². The number of anilines is 1. The molecule has 0 spiro atoms. The van der Waals surface area contributed by atoms with Crippen molar-refractivity contribution >= 4 is 32.4 Å². The maximum Gasteiger partial charge on any atom is 0.270 e. The van der Waals surface area contributed by atoms with Gasteiger partial charge in [-0.3, -0.25) is 9.52 Å². The molecule has 0 saturated carbocycles. The van der Waals surface area contributed by atoms with Gasteiger partial charge in [0.15, 0.2) is 5.13 Å². The number of hydrogen-bond acceptors (Lipinski definition) is 6. The number of aromatic nitrogens is 1. The van der Waals surface area contributed by atoms with Crippen molar-refractivity contribution in [2.45, 2.75) is 18.7 Å². The molecule has 2 aromatic rings. The van der Waals surface area contributed by atoms with E-state index >= 15 is 0 Å². The smallest absolute Gasteiger partial charge is 0.270 e. The van der Waals surface area contributed by atoms with E-state index in [1.54, 1.807) is 12.1 Å². The number of rotatable bonds is 7. The van der Waals surface area contributed by atoms with Crippen LogP contribution < -0.4 is 14.8 Å². The van der Waals surface area contributed by atoms with Gasteiger partial charge in [-0.25, -0.2) is 13.4 Å². The first-order valence-electron chi connectivity index (χ1n) is 7.22. The highest BCUT2D eigenvalue weighted by Crippen LogP contribution is 2.21. The largest absolute Gasteiger partial charge is 0.497 e. The SMILES string of the molecule is COc1ccc(S(=O)(=O)Nc2nc(C(=O)NCC(C)C)cs2)cc1. The molecule has 0 bridgehead atoms. The monoisotopic (exact) mass is 369 g/mol. The van der Waals surface area contributed by atoms with Gasteiger partial charge in [0.25, 0.3) is 15.9 Å². The quantitative estimate of drug-likeness (QED) is 0.781. The summed E-state index contributed by atoms with van der Waals surface area (Å²) >= 11 is 1.05. The number of nitrogens with one attached hydrogen (secondary N) is 2. The Morgan fingerprint density at radius 3 is 2.54 bits per heavy atom. The topological polar surface area (TPSA) is 97.4 Å². The molecule has 2 N–H and O–H groups in total. The number of benzene rings is 1. The first-order valence-corrected chi connectivity index (χ1v) is 9.58. The molecule has 1 aromatic heterocycles. The highest BCUT2D eigenvalue weighted by atomic mass is 32.2. The second-order valence-electron chi connectivity index (χ2n) is 5.42. The first kappa shape index (κ1) is 18.2. The summed E-state index contributed by atoms with van der Waals surface area (Å²) in [5.41, 5.74) is 0.188. The van der Waals surface area contributed by atoms with Crippen LogP contribution in [0.25, 0.3) is 0 Å². The Morgan fingerprint density at radius 2 is 1.96 bits per heavy atom. The van der Waals surface area contributed by atoms with Gasteiger partial charge in [0.2, 0.25) is 0 Å². The van der Waals surface area contributed by atoms with Crippen molar-refractivity contribution in [2.24, 2.45) is 5.92 Å². The van der Waals surface area contributed by atoms with Gasteiger partial charge < -0.3 is 10.1 Å². The summed E-state index contributed by atoms with van der Waals surface area (Å²) < 4.78 is 32.0. The van der Waals surface area contributed by atoms with Crippen LogP contribution in [0.4, 0.5) is 5.13 Å². The van der Waals surface area contributed by atoms with Gasteiger partial charge in [-0.1, -0.05) is 13.8 Å². The zero-order valence-corrected chi connectivity index (χ0v) is 15.2. The number of ether oxygens (including phenoxy) is 1. The number of hydrogen-bond donors (Lipinski definition) is 2. The van der Waals surface area contributed by atoms with Crippen LogP contribution in [0.1, 0.15) is 24.3 Å². The van der Waals surface area contributed by atoms with Crippen molar-refractivity contribution in [3.63, 3.8) is 0 Å². The molecule has 2 rings (SSSR count). The van der Waals surface area contributed by atoms with E-state index < -0.39 is 10.0 Å². The Balaban J connectivity index is 2.08. The molecule has 1 heterocycles. The van der Waals surface area contributed by atoms with E-state index in [4.69, 9.17) is 4.74 Å². The van der Waals surface area contributed by atoms with E-state index in [1.165, 1.54) is 24.6 Å². The molecule has 0 atom stereocenters. The number of thiazole rings is 1. The number of carbonyl (C=O) groups excluding carboxylic acids is 1. The van der Waals surface area contributed by atoms with Crippen LogP contribution in [-0.4, -0.2) is 33.0 Å². The number of amides is 1. The summed E-state index contributed by atoms with van der Waals surface area (Å²) in [4.78, 5) is 16.0. The van der Waals surface area contributed by atoms with Crippen molar-refractivity contribution in [3.05, 3.63) is 35.3 Å². The summed E-state index contributed by atoms with van der Waals surface area (Å²) in [5, 5.41) is 4.39. The number of carbonyl (C=O) groups is 1. The third kappa shape index (κ3) is 4.68. The Kier molecular flexibility index (Phi) is 5.79. The summed E-state index contributed by atoms with van der Waals surface area (Å²) in [7, 11) is -2.26. The van der Waals surface area contributed by atoms with Crippen molar-refractivity contribution in [3.8, 4) is 5.75 Å². The molecule has 130 valence electrons. The second-order valence-corrected chi connectivity index (χ2v) is 7.96. The average molecular weight is 369 g/mol. The molecule has 0 saturated heterocycles. The highest BCUT2D eigenvalue weighted by molar-refractivity contribution is 7.93. The molecule has 24 heavy (non-hydrogen) atoms. The van der Waals surface area contributed by atoms with Crippen molar-refractivity contribution < 1.29 is 17.9 Å². The molecule has 0 radical (unpaired) electrons. The summed E-state index contributed by atoms with van der Waals surface area (Å²) in [5.74, 6) is 0.558. The Hall–Kier alpha value is -2.13. The van der Waals surface area contributed by atoms with Gasteiger partial charge >= 0.3 is 0 Å². The number of methoxy groups -OCH3 is 1. The number of nitrogens with zero attached hydrogens (tertiary/aromatic N) is 1. The van der Waals surface area contributed by atoms with E-state index in [-0.39, 0.29) is 21.6 Å². The van der Waals surface area contributed by atoms with Crippen LogP contribution in [0, 0.1) is 5.92 Å². The second kappa shape index (κ2) is 7.63. The first-order chi connectivity index (χ1) is 11.3. The molecular weight excluding hydrogens is 350 g/mol. The van der Waals surface area contributed by atoms with Crippen LogP contribution in [0.15, 0.2) is 34.5 Å². The summed E-state index contributed by atoms with van der Waals surface area (Å²) in [6.45, 7) is 4.49. The number of sulfonamides is 1. The van der Waals surface area contributed by atoms with Crippen LogP contribution in [-0.2, 0) is 10.0 Å². The average Bonchev–Trinajstić information content (AvgIpc) is 3.00. The van der Waals surface area contributed by atoms with Crippen molar-refractivity contribution in [1.82, 2.24) is 10.3 Å². The molecule has 0 aliphatic carbocycles. The van der Waals surface area contributed by atoms with Gasteiger partial charge in [-0.05, 0) is 30.2 Å². The molecule has 0 aliphatic rings. The zero-order chi connectivity index (χ0) is 17.7. The van der Waals surface area contributed by atoms with E-state index in [1.807, 2.05) is 13.8 Å². The summed E-state index contributed by atoms with van der Waals surface area (Å²) in [6.07, 6.45) is 0. The van der Waals surface area contributed by atoms with E-state index in [0.29, 0.717) is 18.2 Å². The predicted octanol–water partition coefficient (Wildman–Crippen LogP) is 2.34. The van der Waals surface area contributed by atoms with Gasteiger partial charge in [0.05, 0.1) is 12.0 Å². The van der Waals surface area contributed by atoms with Crippen molar-refractivity contribution in [1.29, 1.82) is 0 Å². The molecular formula is C15H19N3O4S2. The van der Waals surface area contributed by atoms with Gasteiger partial charge in [-0.15, -0.1) is 11.3 Å². The maximum atomic E-state index is 12.3. The minimum absolute atomic E-state index is 0.0873. The zero-order valence-electron chi connectivity index (χ0n) is 13.6. The fraction of sp³-hybridized carbons (Fsp3) is 0.333. The third-order valence-corrected chi connectivity index (χ3v) is 5.24. The fourth-order valence-electron chi connectivity index (χ4n) is 1.74. The van der Waals surface area contributed by atoms with Crippen molar-refractivity contribution in [2.75, 3.05) is 18.4 Å². The molecule has 1 aromatic carbocycles. The van der Waals surface area contributed by atoms with Gasteiger partial charge in [0, 0.05) is 11.9 Å². The lowest BCUT2D eigenvalue weighted by Gasteiger charge is -2.06. The lowest BCUT2D eigenvalue weighted by molar-refractivity contribution is 0.0945. The molecule has 0 aliphatic heterocycles. The van der Waals surface area contributed by atoms with Gasteiger partial charge in [0.1, 0.15) is 11.4 Å².